The van der Waals surface area contributed by atoms with Gasteiger partial charge in [0.15, 0.2) is 0 Å². The van der Waals surface area contributed by atoms with E-state index in [9.17, 15) is 14.7 Å². The zero-order valence-corrected chi connectivity index (χ0v) is 10.1. The first-order chi connectivity index (χ1) is 8.49. The van der Waals surface area contributed by atoms with E-state index in [-0.39, 0.29) is 29.7 Å². The molecule has 0 aliphatic heterocycles. The van der Waals surface area contributed by atoms with Crippen molar-refractivity contribution in [3.8, 4) is 5.75 Å². The van der Waals surface area contributed by atoms with Crippen LogP contribution in [0.3, 0.4) is 0 Å². The minimum Gasteiger partial charge on any atom is -0.506 e. The summed E-state index contributed by atoms with van der Waals surface area (Å²) < 4.78 is 0. The Morgan fingerprint density at radius 1 is 1.44 bits per heavy atom. The average Bonchev–Trinajstić information content (AvgIpc) is 2.28. The Bertz CT molecular complexity index is 434. The summed E-state index contributed by atoms with van der Waals surface area (Å²) in [5, 5.41) is 20.4. The van der Waals surface area contributed by atoms with Crippen LogP contribution in [0, 0.1) is 0 Å². The van der Waals surface area contributed by atoms with Crippen LogP contribution < -0.4 is 5.32 Å². The summed E-state index contributed by atoms with van der Waals surface area (Å²) >= 11 is 0. The van der Waals surface area contributed by atoms with E-state index in [1.165, 1.54) is 18.5 Å². The van der Waals surface area contributed by atoms with Gasteiger partial charge in [-0.25, -0.2) is 0 Å². The minimum absolute atomic E-state index is 0.0684. The molecule has 0 saturated heterocycles. The third kappa shape index (κ3) is 4.82. The molecule has 0 saturated carbocycles. The molecule has 1 rings (SSSR count). The van der Waals surface area contributed by atoms with Gasteiger partial charge in [-0.3, -0.25) is 14.6 Å². The third-order valence-electron chi connectivity index (χ3n) is 2.39. The van der Waals surface area contributed by atoms with Crippen LogP contribution in [0.1, 0.15) is 36.5 Å². The first-order valence-corrected chi connectivity index (χ1v) is 5.65. The molecule has 1 atom stereocenters. The van der Waals surface area contributed by atoms with Crippen LogP contribution in [0.4, 0.5) is 0 Å². The molecular weight excluding hydrogens is 236 g/mol. The monoisotopic (exact) mass is 252 g/mol. The van der Waals surface area contributed by atoms with Crippen molar-refractivity contribution in [3.63, 3.8) is 0 Å². The number of aromatic nitrogens is 1. The van der Waals surface area contributed by atoms with E-state index in [1.807, 2.05) is 0 Å². The van der Waals surface area contributed by atoms with Gasteiger partial charge in [-0.1, -0.05) is 0 Å². The van der Waals surface area contributed by atoms with E-state index >= 15 is 0 Å². The molecule has 0 radical (unpaired) electrons. The number of carbonyl (C=O) groups excluding carboxylic acids is 1. The van der Waals surface area contributed by atoms with Crippen LogP contribution in [0.5, 0.6) is 5.75 Å². The van der Waals surface area contributed by atoms with Crippen molar-refractivity contribution in [2.24, 2.45) is 0 Å². The molecule has 98 valence electrons. The summed E-state index contributed by atoms with van der Waals surface area (Å²) in [6, 6.07) is 1.20. The summed E-state index contributed by atoms with van der Waals surface area (Å²) in [5.41, 5.74) is 0.278. The zero-order valence-electron chi connectivity index (χ0n) is 10.1. The first-order valence-electron chi connectivity index (χ1n) is 5.65. The number of nitrogens with one attached hydrogen (secondary N) is 1. The van der Waals surface area contributed by atoms with Gasteiger partial charge >= 0.3 is 5.97 Å². The van der Waals surface area contributed by atoms with E-state index in [2.05, 4.69) is 10.3 Å². The Balaban J connectivity index is 2.42. The second kappa shape index (κ2) is 6.58. The summed E-state index contributed by atoms with van der Waals surface area (Å²) in [4.78, 5) is 25.8. The number of aromatic hydroxyl groups is 1. The van der Waals surface area contributed by atoms with Crippen molar-refractivity contribution in [3.05, 3.63) is 24.0 Å². The Morgan fingerprint density at radius 3 is 2.78 bits per heavy atom. The maximum atomic E-state index is 11.7. The fraction of sp³-hybridized carbons (Fsp3) is 0.417. The first kappa shape index (κ1) is 14.0. The number of nitrogens with zero attached hydrogens (tertiary/aromatic N) is 1. The second-order valence-electron chi connectivity index (χ2n) is 4.09. The number of carboxylic acid groups (broad SMARTS) is 1. The summed E-state index contributed by atoms with van der Waals surface area (Å²) in [6.07, 6.45) is 3.79. The second-order valence-corrected chi connectivity index (χ2v) is 4.09. The molecule has 0 fully saturated rings. The highest BCUT2D eigenvalue weighted by Gasteiger charge is 2.11. The molecule has 6 nitrogen and oxygen atoms in total. The summed E-state index contributed by atoms with van der Waals surface area (Å²) in [7, 11) is 0. The number of amides is 1. The molecule has 1 amide bonds. The Morgan fingerprint density at radius 2 is 2.17 bits per heavy atom. The fourth-order valence-corrected chi connectivity index (χ4v) is 1.49. The van der Waals surface area contributed by atoms with E-state index in [0.717, 1.165) is 0 Å². The number of pyridine rings is 1. The van der Waals surface area contributed by atoms with E-state index in [0.29, 0.717) is 12.8 Å². The number of rotatable bonds is 6. The molecule has 0 aliphatic carbocycles. The van der Waals surface area contributed by atoms with Crippen molar-refractivity contribution in [1.82, 2.24) is 10.3 Å². The van der Waals surface area contributed by atoms with Crippen molar-refractivity contribution < 1.29 is 19.8 Å². The molecule has 0 spiro atoms. The van der Waals surface area contributed by atoms with Gasteiger partial charge in [0, 0.05) is 18.7 Å². The van der Waals surface area contributed by atoms with Crippen molar-refractivity contribution >= 4 is 11.9 Å². The van der Waals surface area contributed by atoms with Crippen molar-refractivity contribution in [1.29, 1.82) is 0 Å². The van der Waals surface area contributed by atoms with Crippen LogP contribution >= 0.6 is 0 Å². The van der Waals surface area contributed by atoms with Gasteiger partial charge in [-0.15, -0.1) is 0 Å². The normalized spacial score (nSPS) is 11.8. The number of hydrogen-bond donors (Lipinski definition) is 3. The molecule has 18 heavy (non-hydrogen) atoms. The van der Waals surface area contributed by atoms with Gasteiger partial charge in [0.25, 0.3) is 5.91 Å². The molecule has 1 aromatic rings. The molecule has 0 aliphatic rings. The highest BCUT2D eigenvalue weighted by atomic mass is 16.4. The lowest BCUT2D eigenvalue weighted by Gasteiger charge is -2.13. The van der Waals surface area contributed by atoms with Gasteiger partial charge in [0.05, 0.1) is 11.8 Å². The topological polar surface area (TPSA) is 99.5 Å². The SMILES string of the molecule is CC(CCCC(=O)O)NC(=O)c1cncc(O)c1. The Labute approximate surface area is 105 Å². The van der Waals surface area contributed by atoms with Crippen LogP contribution in [0.15, 0.2) is 18.5 Å². The van der Waals surface area contributed by atoms with Gasteiger partial charge in [-0.05, 0) is 25.8 Å². The number of carboxylic acids is 1. The number of hydrogen-bond acceptors (Lipinski definition) is 4. The van der Waals surface area contributed by atoms with Crippen LogP contribution in [-0.2, 0) is 4.79 Å². The molecular formula is C12H16N2O4. The molecule has 1 aromatic heterocycles. The highest BCUT2D eigenvalue weighted by molar-refractivity contribution is 5.94. The lowest BCUT2D eigenvalue weighted by Crippen LogP contribution is -2.32. The average molecular weight is 252 g/mol. The van der Waals surface area contributed by atoms with Crippen LogP contribution in [-0.4, -0.2) is 33.1 Å². The van der Waals surface area contributed by atoms with E-state index in [4.69, 9.17) is 5.11 Å². The number of carbonyl (C=O) groups is 2. The molecule has 0 aromatic carbocycles. The summed E-state index contributed by atoms with van der Waals surface area (Å²) in [6.45, 7) is 1.80. The van der Waals surface area contributed by atoms with Gasteiger partial charge in [-0.2, -0.15) is 0 Å². The van der Waals surface area contributed by atoms with Gasteiger partial charge in [0.1, 0.15) is 5.75 Å². The van der Waals surface area contributed by atoms with Gasteiger partial charge in [0.2, 0.25) is 0 Å². The Kier molecular flexibility index (Phi) is 5.10. The van der Waals surface area contributed by atoms with Crippen molar-refractivity contribution in [2.45, 2.75) is 32.2 Å². The smallest absolute Gasteiger partial charge is 0.303 e. The zero-order chi connectivity index (χ0) is 13.5. The number of aliphatic carboxylic acids is 1. The quantitative estimate of drug-likeness (QED) is 0.705. The van der Waals surface area contributed by atoms with Crippen LogP contribution in [0.2, 0.25) is 0 Å². The van der Waals surface area contributed by atoms with E-state index in [1.54, 1.807) is 6.92 Å². The lowest BCUT2D eigenvalue weighted by atomic mass is 10.1. The molecule has 1 heterocycles. The minimum atomic E-state index is -0.842. The fourth-order valence-electron chi connectivity index (χ4n) is 1.49. The molecule has 0 bridgehead atoms. The molecule has 1 unspecified atom stereocenters. The predicted molar refractivity (Wildman–Crippen MR) is 64.3 cm³/mol. The standard InChI is InChI=1S/C12H16N2O4/c1-8(3-2-4-11(16)17)14-12(18)9-5-10(15)7-13-6-9/h5-8,15H,2-4H2,1H3,(H,14,18)(H,16,17). The maximum absolute atomic E-state index is 11.7. The van der Waals surface area contributed by atoms with E-state index < -0.39 is 5.97 Å². The van der Waals surface area contributed by atoms with Gasteiger partial charge < -0.3 is 15.5 Å². The van der Waals surface area contributed by atoms with Crippen molar-refractivity contribution in [2.75, 3.05) is 0 Å². The molecule has 3 N–H and O–H groups in total. The van der Waals surface area contributed by atoms with Crippen LogP contribution in [0.25, 0.3) is 0 Å². The predicted octanol–water partition coefficient (Wildman–Crippen LogP) is 1.16. The molecule has 6 heteroatoms. The lowest BCUT2D eigenvalue weighted by molar-refractivity contribution is -0.137. The third-order valence-corrected chi connectivity index (χ3v) is 2.39. The largest absolute Gasteiger partial charge is 0.506 e. The Hall–Kier alpha value is -2.11. The highest BCUT2D eigenvalue weighted by Crippen LogP contribution is 2.09. The maximum Gasteiger partial charge on any atom is 0.303 e. The summed E-state index contributed by atoms with van der Waals surface area (Å²) in [5.74, 6) is -1.24.